The maximum absolute atomic E-state index is 2.71. The Bertz CT molecular complexity index is 488. The average Bonchev–Trinajstić information content (AvgIpc) is 3.17. The first-order chi connectivity index (χ1) is 12.1. The second-order valence-corrected chi connectivity index (χ2v) is 13.2. The van der Waals surface area contributed by atoms with Crippen LogP contribution in [0.15, 0.2) is 47.6 Å². The molecule has 1 heteroatoms. The number of unbranched alkanes of at least 4 members (excludes halogenated alkanes) is 2. The number of rotatable bonds is 12. The van der Waals surface area contributed by atoms with Crippen molar-refractivity contribution in [3.8, 4) is 0 Å². The van der Waals surface area contributed by atoms with E-state index in [0.29, 0.717) is 6.25 Å². The number of hydrogen-bond donors (Lipinski definition) is 0. The van der Waals surface area contributed by atoms with E-state index in [1.807, 2.05) is 0 Å². The van der Waals surface area contributed by atoms with Crippen molar-refractivity contribution < 1.29 is 23.2 Å². The third-order valence-electron chi connectivity index (χ3n) is 5.51. The molecule has 2 aliphatic rings. The summed E-state index contributed by atoms with van der Waals surface area (Å²) in [6, 6.07) is 0. The van der Waals surface area contributed by atoms with Gasteiger partial charge in [0.1, 0.15) is 0 Å². The maximum atomic E-state index is 2.71. The van der Waals surface area contributed by atoms with E-state index < -0.39 is 23.2 Å². The first-order valence-electron chi connectivity index (χ1n) is 10.7. The molecule has 25 heavy (non-hydrogen) atoms. The molecular formula is C24H38Zr. The topological polar surface area (TPSA) is 0 Å². The Hall–Kier alpha value is -0.157. The molecule has 138 valence electrons. The summed E-state index contributed by atoms with van der Waals surface area (Å²) in [6.07, 6.45) is 28.8. The molecule has 0 fully saturated rings. The van der Waals surface area contributed by atoms with E-state index in [0.717, 1.165) is 0 Å². The zero-order valence-electron chi connectivity index (χ0n) is 17.0. The van der Waals surface area contributed by atoms with Gasteiger partial charge in [0.15, 0.2) is 0 Å². The van der Waals surface area contributed by atoms with Crippen molar-refractivity contribution in [3.63, 3.8) is 0 Å². The van der Waals surface area contributed by atoms with Gasteiger partial charge in [-0.3, -0.25) is 0 Å². The molecule has 0 N–H and O–H groups in total. The van der Waals surface area contributed by atoms with Gasteiger partial charge < -0.3 is 0 Å². The van der Waals surface area contributed by atoms with Crippen molar-refractivity contribution in [3.05, 3.63) is 47.6 Å². The third-order valence-corrected chi connectivity index (χ3v) is 10.6. The second-order valence-electron chi connectivity index (χ2n) is 8.02. The molecule has 0 radical (unpaired) electrons. The fourth-order valence-corrected chi connectivity index (χ4v) is 10.3. The quantitative estimate of drug-likeness (QED) is 0.299. The molecule has 0 aromatic rings. The summed E-state index contributed by atoms with van der Waals surface area (Å²) in [5, 5.41) is 0. The van der Waals surface area contributed by atoms with Gasteiger partial charge >= 0.3 is 169 Å². The molecule has 2 unspecified atom stereocenters. The molecule has 0 saturated carbocycles. The summed E-state index contributed by atoms with van der Waals surface area (Å²) in [7, 11) is 0. The van der Waals surface area contributed by atoms with Crippen LogP contribution in [0.5, 0.6) is 0 Å². The molecule has 2 rings (SSSR count). The summed E-state index contributed by atoms with van der Waals surface area (Å²) in [5.41, 5.74) is 3.25. The van der Waals surface area contributed by atoms with Crippen LogP contribution >= 0.6 is 0 Å². The standard InChI is InChI=1S/2C12H19.Zr/c2*1-3-5-7-12-9-8-11(10-12)6-4-2;/h2*8-10H,3-7H2,1-2H3;. The molecule has 0 nitrogen and oxygen atoms in total. The van der Waals surface area contributed by atoms with Crippen LogP contribution < -0.4 is 0 Å². The van der Waals surface area contributed by atoms with Crippen molar-refractivity contribution in [2.75, 3.05) is 0 Å². The molecule has 2 aliphatic carbocycles. The van der Waals surface area contributed by atoms with Crippen LogP contribution in [0.2, 0.25) is 6.25 Å². The van der Waals surface area contributed by atoms with Crippen molar-refractivity contribution in [2.45, 2.75) is 98.1 Å². The first kappa shape index (κ1) is 21.1. The molecule has 0 saturated heterocycles. The number of allylic oxidation sites excluding steroid dienone is 8. The zero-order chi connectivity index (χ0) is 18.2. The van der Waals surface area contributed by atoms with Crippen molar-refractivity contribution in [1.82, 2.24) is 0 Å². The fraction of sp³-hybridized carbons (Fsp3) is 0.667. The van der Waals surface area contributed by atoms with Crippen LogP contribution in [-0.4, -0.2) is 0 Å². The fourth-order valence-electron chi connectivity index (χ4n) is 4.29. The second kappa shape index (κ2) is 10.2. The summed E-state index contributed by atoms with van der Waals surface area (Å²) in [5.74, 6) is 0. The monoisotopic (exact) mass is 416 g/mol. The third kappa shape index (κ3) is 5.92. The van der Waals surface area contributed by atoms with Crippen LogP contribution in [0.4, 0.5) is 0 Å². The van der Waals surface area contributed by atoms with Gasteiger partial charge in [-0.15, -0.1) is 0 Å². The van der Waals surface area contributed by atoms with Gasteiger partial charge in [0, 0.05) is 0 Å². The average molecular weight is 418 g/mol. The Morgan fingerprint density at radius 1 is 0.680 bits per heavy atom. The van der Waals surface area contributed by atoms with E-state index >= 15 is 0 Å². The van der Waals surface area contributed by atoms with E-state index in [2.05, 4.69) is 64.2 Å². The normalized spacial score (nSPS) is 27.7. The summed E-state index contributed by atoms with van der Waals surface area (Å²) in [6.45, 7) is 9.34. The molecule has 2 atom stereocenters. The first-order valence-corrected chi connectivity index (χ1v) is 13.2. The SMILES string of the molecule is CCCCC1=C[C](CCC)([Zr][C]2(CCC)C=CC(CCCC)=C2)C=C1. The minimum absolute atomic E-state index is 0.456. The van der Waals surface area contributed by atoms with E-state index in [4.69, 9.17) is 0 Å². The molecule has 0 aliphatic heterocycles. The van der Waals surface area contributed by atoms with Gasteiger partial charge in [0.25, 0.3) is 0 Å². The molecule has 0 bridgehead atoms. The van der Waals surface area contributed by atoms with E-state index in [9.17, 15) is 0 Å². The Balaban J connectivity index is 2.19. The molecule has 0 heterocycles. The Kier molecular flexibility index (Phi) is 8.67. The van der Waals surface area contributed by atoms with Crippen LogP contribution in [-0.2, 0) is 23.2 Å². The van der Waals surface area contributed by atoms with E-state index in [1.165, 1.54) is 64.2 Å². The van der Waals surface area contributed by atoms with Gasteiger partial charge in [-0.05, 0) is 0 Å². The zero-order valence-corrected chi connectivity index (χ0v) is 19.5. The van der Waals surface area contributed by atoms with E-state index in [-0.39, 0.29) is 0 Å². The molecule has 0 spiro atoms. The Morgan fingerprint density at radius 3 is 1.48 bits per heavy atom. The van der Waals surface area contributed by atoms with Crippen LogP contribution in [0.25, 0.3) is 0 Å². The molecular weight excluding hydrogens is 379 g/mol. The van der Waals surface area contributed by atoms with Gasteiger partial charge in [0.2, 0.25) is 0 Å². The molecule has 0 amide bonds. The summed E-state index contributed by atoms with van der Waals surface area (Å²) in [4.78, 5) is 0. The van der Waals surface area contributed by atoms with Gasteiger partial charge in [0.05, 0.1) is 0 Å². The Morgan fingerprint density at radius 2 is 1.12 bits per heavy atom. The van der Waals surface area contributed by atoms with Crippen LogP contribution in [0.1, 0.15) is 91.9 Å². The Labute approximate surface area is 168 Å². The molecule has 0 aromatic carbocycles. The predicted octanol–water partition coefficient (Wildman–Crippen LogP) is 8.36. The van der Waals surface area contributed by atoms with Crippen LogP contribution in [0.3, 0.4) is 0 Å². The summed E-state index contributed by atoms with van der Waals surface area (Å²) < 4.78 is 0.912. The number of hydrogen-bond acceptors (Lipinski definition) is 0. The molecule has 0 aromatic heterocycles. The minimum atomic E-state index is -0.660. The van der Waals surface area contributed by atoms with Crippen LogP contribution in [0, 0.1) is 0 Å². The van der Waals surface area contributed by atoms with Gasteiger partial charge in [-0.1, -0.05) is 0 Å². The van der Waals surface area contributed by atoms with E-state index in [1.54, 1.807) is 11.1 Å². The van der Waals surface area contributed by atoms with Gasteiger partial charge in [-0.25, -0.2) is 0 Å². The van der Waals surface area contributed by atoms with Gasteiger partial charge in [-0.2, -0.15) is 0 Å². The van der Waals surface area contributed by atoms with Crippen molar-refractivity contribution in [2.24, 2.45) is 0 Å². The summed E-state index contributed by atoms with van der Waals surface area (Å²) >= 11 is -0.660. The van der Waals surface area contributed by atoms with Crippen molar-refractivity contribution in [1.29, 1.82) is 0 Å². The predicted molar refractivity (Wildman–Crippen MR) is 109 cm³/mol. The van der Waals surface area contributed by atoms with Crippen molar-refractivity contribution >= 4 is 0 Å².